The number of carbonyl (C=O) groups is 8. The predicted octanol–water partition coefficient (Wildman–Crippen LogP) is 22.3. The number of esters is 8. The fourth-order valence-electron chi connectivity index (χ4n) is 11.6. The standard InChI is InChI=1S/C20H38O2.C13H25NO2.C13H24O3.C12H22O2.C11H21NO2.C11H20O3.C10H18O3.C9H16O3/c1-9-20(21)22-19(8)18(7)13-17(6)12-16(5)11-15(4)10-14(2)3;1-12(2)13(15)16-11-9-7-5-3-4-6-8-10-14;1-12(2)13(14)16-11-9-7-5-4-6-8-10-15-3;1-5-7-8-11(6-2)9-14-12(13)10(3)4;1-2-11(13)14-10-8-6-4-3-5-7-9-12;1-3-11(12)14-10-8-6-4-5-7-9-13-2;1-9(2)10(12)13-8-6-4-3-5-7-11;1-2-9(11)12-8-6-4-3-5-7-10/h9,14-19H,1,10-13H2,2-8H3;1,3-11,14H2,2H3;1,4-11H2,2-3H3;11H,3,5-9H2,1-2,4H3;2H,1,3-10,12H2;3H,1,4-10H2,2H3;11H,1,3-8H2,2H3;2,10H,1,3-8H2. The van der Waals surface area contributed by atoms with Gasteiger partial charge in [0, 0.05) is 87.2 Å². The summed E-state index contributed by atoms with van der Waals surface area (Å²) in [5, 5.41) is 16.9. The summed E-state index contributed by atoms with van der Waals surface area (Å²) in [5.41, 5.74) is 12.6. The van der Waals surface area contributed by atoms with Gasteiger partial charge in [0.1, 0.15) is 6.10 Å². The van der Waals surface area contributed by atoms with Gasteiger partial charge in [-0.2, -0.15) is 0 Å². The Balaban J connectivity index is -0.000000202. The molecule has 0 fully saturated rings. The van der Waals surface area contributed by atoms with E-state index in [1.54, 1.807) is 41.9 Å². The Morgan fingerprint density at radius 2 is 0.587 bits per heavy atom. The molecule has 710 valence electrons. The van der Waals surface area contributed by atoms with E-state index in [4.69, 9.17) is 69.0 Å². The van der Waals surface area contributed by atoms with E-state index >= 15 is 0 Å². The van der Waals surface area contributed by atoms with Crippen LogP contribution in [0.2, 0.25) is 0 Å². The number of hydrogen-bond donors (Lipinski definition) is 4. The molecule has 0 amide bonds. The van der Waals surface area contributed by atoms with Crippen LogP contribution >= 0.6 is 0 Å². The van der Waals surface area contributed by atoms with Crippen molar-refractivity contribution in [3.8, 4) is 0 Å². The average molecular weight is 1720 g/mol. The van der Waals surface area contributed by atoms with E-state index in [2.05, 4.69) is 108 Å². The number of unbranched alkanes of at least 4 members (excludes halogenated alkanes) is 27. The molecule has 6 N–H and O–H groups in total. The Hall–Kier alpha value is -6.56. The van der Waals surface area contributed by atoms with Gasteiger partial charge in [0.05, 0.1) is 46.2 Å². The Morgan fingerprint density at radius 1 is 0.331 bits per heavy atom. The molecule has 0 radical (unpaired) electrons. The average Bonchev–Trinajstić information content (AvgIpc) is 0.921. The van der Waals surface area contributed by atoms with Gasteiger partial charge < -0.3 is 69.0 Å². The summed E-state index contributed by atoms with van der Waals surface area (Å²) in [5.74, 6) is 1.47. The number of aliphatic hydroxyl groups is 2. The second-order valence-corrected chi connectivity index (χ2v) is 32.0. The molecule has 6 unspecified atom stereocenters. The van der Waals surface area contributed by atoms with Crippen LogP contribution in [0.15, 0.2) is 99.2 Å². The predicted molar refractivity (Wildman–Crippen MR) is 499 cm³/mol. The van der Waals surface area contributed by atoms with Crippen molar-refractivity contribution < 1.29 is 95.9 Å². The molecule has 0 rings (SSSR count). The van der Waals surface area contributed by atoms with E-state index in [1.165, 1.54) is 127 Å². The Bertz CT molecular complexity index is 2440. The smallest absolute Gasteiger partial charge is 0.333 e. The second-order valence-electron chi connectivity index (χ2n) is 32.0. The molecule has 121 heavy (non-hydrogen) atoms. The van der Waals surface area contributed by atoms with Crippen LogP contribution in [-0.4, -0.2) is 164 Å². The molecule has 0 aromatic heterocycles. The van der Waals surface area contributed by atoms with Crippen LogP contribution in [0.4, 0.5) is 0 Å². The molecular formula is C99H184N2O20. The van der Waals surface area contributed by atoms with Gasteiger partial charge in [-0.25, -0.2) is 38.4 Å². The van der Waals surface area contributed by atoms with Crippen molar-refractivity contribution in [1.82, 2.24) is 0 Å². The lowest BCUT2D eigenvalue weighted by Gasteiger charge is -2.26. The molecule has 0 aliphatic heterocycles. The van der Waals surface area contributed by atoms with Gasteiger partial charge >= 0.3 is 47.8 Å². The highest BCUT2D eigenvalue weighted by Crippen LogP contribution is 2.28. The lowest BCUT2D eigenvalue weighted by Crippen LogP contribution is -2.23. The fourth-order valence-corrected chi connectivity index (χ4v) is 11.6. The normalized spacial score (nSPS) is 11.7. The van der Waals surface area contributed by atoms with Crippen LogP contribution in [0.5, 0.6) is 0 Å². The van der Waals surface area contributed by atoms with E-state index in [1.807, 2.05) is 6.92 Å². The minimum atomic E-state index is -0.364. The third-order valence-electron chi connectivity index (χ3n) is 18.6. The van der Waals surface area contributed by atoms with Crippen LogP contribution < -0.4 is 11.5 Å². The van der Waals surface area contributed by atoms with E-state index < -0.39 is 0 Å². The number of aliphatic hydroxyl groups excluding tert-OH is 2. The van der Waals surface area contributed by atoms with Crippen molar-refractivity contribution in [3.63, 3.8) is 0 Å². The summed E-state index contributed by atoms with van der Waals surface area (Å²) in [4.78, 5) is 87.1. The molecule has 0 saturated carbocycles. The van der Waals surface area contributed by atoms with Crippen LogP contribution in [-0.2, 0) is 85.7 Å². The Morgan fingerprint density at radius 3 is 0.843 bits per heavy atom. The first-order chi connectivity index (χ1) is 57.7. The van der Waals surface area contributed by atoms with Crippen molar-refractivity contribution >= 4 is 47.8 Å². The zero-order valence-electron chi connectivity index (χ0n) is 79.9. The molecule has 0 aliphatic carbocycles. The molecule has 0 saturated heterocycles. The molecule has 22 nitrogen and oxygen atoms in total. The third kappa shape index (κ3) is 116. The number of rotatable bonds is 70. The van der Waals surface area contributed by atoms with Crippen LogP contribution in [0.3, 0.4) is 0 Å². The Labute approximate surface area is 739 Å². The number of methoxy groups -OCH3 is 2. The van der Waals surface area contributed by atoms with Gasteiger partial charge in [-0.15, -0.1) is 0 Å². The van der Waals surface area contributed by atoms with Crippen LogP contribution in [0.1, 0.15) is 347 Å². The van der Waals surface area contributed by atoms with E-state index in [0.29, 0.717) is 86.3 Å². The zero-order valence-corrected chi connectivity index (χ0v) is 79.9. The van der Waals surface area contributed by atoms with E-state index in [-0.39, 0.29) is 67.1 Å². The first-order valence-electron chi connectivity index (χ1n) is 45.8. The van der Waals surface area contributed by atoms with Crippen molar-refractivity contribution in [2.45, 2.75) is 353 Å². The van der Waals surface area contributed by atoms with Gasteiger partial charge in [0.25, 0.3) is 0 Å². The summed E-state index contributed by atoms with van der Waals surface area (Å²) in [7, 11) is 3.45. The number of ether oxygens (including phenoxy) is 10. The maximum atomic E-state index is 11.3. The van der Waals surface area contributed by atoms with Gasteiger partial charge in [0.2, 0.25) is 0 Å². The first-order valence-corrected chi connectivity index (χ1v) is 45.8. The van der Waals surface area contributed by atoms with Crippen LogP contribution in [0.25, 0.3) is 0 Å². The lowest BCUT2D eigenvalue weighted by molar-refractivity contribution is -0.145. The molecule has 0 bridgehead atoms. The third-order valence-corrected chi connectivity index (χ3v) is 18.6. The summed E-state index contributed by atoms with van der Waals surface area (Å²) >= 11 is 0. The maximum Gasteiger partial charge on any atom is 0.333 e. The molecule has 0 aromatic carbocycles. The highest BCUT2D eigenvalue weighted by Gasteiger charge is 2.21. The zero-order chi connectivity index (χ0) is 93.3. The summed E-state index contributed by atoms with van der Waals surface area (Å²) in [6.45, 7) is 61.5. The SMILES string of the molecule is C=C(C)C(=O)OCC(CC)CCCC.C=C(C)C(=O)OCCCCCCCCCN.C=C(C)C(=O)OCCCCCCCCOC.C=C(C)C(=O)OCCCCCCO.C=CC(=O)OC(C)C(C)CC(C)CC(C)CC(C)CC(C)C.C=CC(=O)OCCCCCCCCN.C=CC(=O)OCCCCCCCOC.C=CC(=O)OCCCCCCO. The van der Waals surface area contributed by atoms with Crippen molar-refractivity contribution in [3.05, 3.63) is 99.2 Å². The van der Waals surface area contributed by atoms with Gasteiger partial charge in [-0.3, -0.25) is 0 Å². The highest BCUT2D eigenvalue weighted by molar-refractivity contribution is 5.88. The topological polar surface area (TPSA) is 321 Å². The monoisotopic (exact) mass is 1720 g/mol. The largest absolute Gasteiger partial charge is 0.463 e. The second kappa shape index (κ2) is 104. The Kier molecular flexibility index (Phi) is 112. The van der Waals surface area contributed by atoms with Crippen molar-refractivity contribution in [1.29, 1.82) is 0 Å². The molecular weight excluding hydrogens is 1540 g/mol. The summed E-state index contributed by atoms with van der Waals surface area (Å²) in [6.07, 6.45) is 49.1. The lowest BCUT2D eigenvalue weighted by atomic mass is 9.83. The molecule has 0 heterocycles. The minimum absolute atomic E-state index is 0.0388. The quantitative estimate of drug-likeness (QED) is 0.0190. The maximum absolute atomic E-state index is 11.3. The number of hydrogen-bond acceptors (Lipinski definition) is 22. The summed E-state index contributed by atoms with van der Waals surface area (Å²) < 4.78 is 49.6. The molecule has 0 spiro atoms. The molecule has 0 aromatic rings. The fraction of sp³-hybridized carbons (Fsp3) is 0.758. The van der Waals surface area contributed by atoms with Gasteiger partial charge in [0.15, 0.2) is 0 Å². The highest BCUT2D eigenvalue weighted by atomic mass is 16.6. The van der Waals surface area contributed by atoms with Crippen molar-refractivity contribution in [2.75, 3.05) is 100.0 Å². The first kappa shape index (κ1) is 130. The number of carbonyl (C=O) groups excluding carboxylic acids is 8. The minimum Gasteiger partial charge on any atom is -0.463 e. The molecule has 6 atom stereocenters. The summed E-state index contributed by atoms with van der Waals surface area (Å²) in [6, 6.07) is 0. The molecule has 0 aliphatic rings. The van der Waals surface area contributed by atoms with E-state index in [9.17, 15) is 38.4 Å². The van der Waals surface area contributed by atoms with Crippen molar-refractivity contribution in [2.24, 2.45) is 47.0 Å². The van der Waals surface area contributed by atoms with Gasteiger partial charge in [-0.1, -0.05) is 243 Å². The van der Waals surface area contributed by atoms with E-state index in [0.717, 1.165) is 198 Å². The molecule has 22 heteroatoms. The number of nitrogens with two attached hydrogens (primary N) is 2. The van der Waals surface area contributed by atoms with Crippen LogP contribution in [0, 0.1) is 35.5 Å². The van der Waals surface area contributed by atoms with Gasteiger partial charge in [-0.05, 0) is 205 Å².